The van der Waals surface area contributed by atoms with Crippen molar-refractivity contribution in [1.82, 2.24) is 0 Å². The molecule has 15 heavy (non-hydrogen) atoms. The topological polar surface area (TPSA) is 74.6 Å². The minimum atomic E-state index is -0.125. The Morgan fingerprint density at radius 3 is 1.00 bits per heavy atom. The van der Waals surface area contributed by atoms with Crippen molar-refractivity contribution in [3.05, 3.63) is 23.7 Å². The van der Waals surface area contributed by atoms with Gasteiger partial charge in [0, 0.05) is 29.5 Å². The van der Waals surface area contributed by atoms with Crippen LogP contribution in [0, 0.1) is 0 Å². The minimum absolute atomic E-state index is 0. The maximum absolute atomic E-state index is 10.0. The molecular formula is C10H16CrO4. The number of carbonyl (C=O) groups excluding carboxylic acids is 2. The van der Waals surface area contributed by atoms with Gasteiger partial charge in [0.15, 0.2) is 11.6 Å². The maximum atomic E-state index is 10.0. The van der Waals surface area contributed by atoms with Crippen LogP contribution in [-0.4, -0.2) is 21.8 Å². The van der Waals surface area contributed by atoms with E-state index in [1.165, 1.54) is 39.8 Å². The van der Waals surface area contributed by atoms with Gasteiger partial charge in [-0.25, -0.2) is 0 Å². The summed E-state index contributed by atoms with van der Waals surface area (Å²) >= 11 is 0. The van der Waals surface area contributed by atoms with Gasteiger partial charge in [0.25, 0.3) is 0 Å². The predicted octanol–water partition coefficient (Wildman–Crippen LogP) is 2.07. The van der Waals surface area contributed by atoms with Crippen molar-refractivity contribution in [2.24, 2.45) is 0 Å². The molecule has 0 aromatic carbocycles. The molecule has 0 atom stereocenters. The van der Waals surface area contributed by atoms with Gasteiger partial charge in [-0.2, -0.15) is 0 Å². The first-order valence-electron chi connectivity index (χ1n) is 4.01. The Labute approximate surface area is 100 Å². The molecule has 0 aromatic rings. The van der Waals surface area contributed by atoms with E-state index in [2.05, 4.69) is 0 Å². The number of allylic oxidation sites excluding steroid dienone is 4. The third-order valence-electron chi connectivity index (χ3n) is 0.824. The third-order valence-corrected chi connectivity index (χ3v) is 0.824. The van der Waals surface area contributed by atoms with Gasteiger partial charge in [0.05, 0.1) is 11.5 Å². The number of aliphatic hydroxyl groups excluding tert-OH is 2. The van der Waals surface area contributed by atoms with E-state index < -0.39 is 0 Å². The Bertz CT molecular complexity index is 231. The summed E-state index contributed by atoms with van der Waals surface area (Å²) in [4.78, 5) is 20.0. The fraction of sp³-hybridized carbons (Fsp3) is 0.400. The second-order valence-corrected chi connectivity index (χ2v) is 2.79. The average molecular weight is 252 g/mol. The molecule has 0 bridgehead atoms. The van der Waals surface area contributed by atoms with Crippen molar-refractivity contribution >= 4 is 11.6 Å². The van der Waals surface area contributed by atoms with Crippen LogP contribution in [0.1, 0.15) is 27.7 Å². The summed E-state index contributed by atoms with van der Waals surface area (Å²) in [6.45, 7) is 5.70. The summed E-state index contributed by atoms with van der Waals surface area (Å²) in [5.74, 6) is -0.125. The molecule has 86 valence electrons. The van der Waals surface area contributed by atoms with Crippen molar-refractivity contribution in [2.75, 3.05) is 0 Å². The van der Waals surface area contributed by atoms with Crippen molar-refractivity contribution in [3.8, 4) is 0 Å². The molecular weight excluding hydrogens is 236 g/mol. The largest absolute Gasteiger partial charge is 0.512 e. The smallest absolute Gasteiger partial charge is 0.155 e. The van der Waals surface area contributed by atoms with Crippen LogP contribution in [0.5, 0.6) is 0 Å². The zero-order chi connectivity index (χ0) is 11.7. The molecule has 0 aliphatic carbocycles. The van der Waals surface area contributed by atoms with E-state index in [-0.39, 0.29) is 40.4 Å². The van der Waals surface area contributed by atoms with E-state index in [0.717, 1.165) is 0 Å². The van der Waals surface area contributed by atoms with Gasteiger partial charge in [0.2, 0.25) is 0 Å². The molecule has 2 N–H and O–H groups in total. The van der Waals surface area contributed by atoms with Crippen LogP contribution >= 0.6 is 0 Å². The number of carbonyl (C=O) groups is 2. The molecule has 0 saturated carbocycles. The van der Waals surface area contributed by atoms with E-state index in [9.17, 15) is 9.59 Å². The van der Waals surface area contributed by atoms with Gasteiger partial charge in [-0.15, -0.1) is 0 Å². The number of aliphatic hydroxyl groups is 2. The van der Waals surface area contributed by atoms with Crippen LogP contribution in [-0.2, 0) is 27.0 Å². The molecule has 0 fully saturated rings. The summed E-state index contributed by atoms with van der Waals surface area (Å²) < 4.78 is 0. The predicted molar refractivity (Wildman–Crippen MR) is 54.1 cm³/mol. The van der Waals surface area contributed by atoms with Crippen molar-refractivity contribution < 1.29 is 37.2 Å². The second kappa shape index (κ2) is 11.0. The molecule has 0 aliphatic rings. The maximum Gasteiger partial charge on any atom is 0.155 e. The van der Waals surface area contributed by atoms with E-state index >= 15 is 0 Å². The van der Waals surface area contributed by atoms with Crippen LogP contribution in [0.25, 0.3) is 0 Å². The monoisotopic (exact) mass is 252 g/mol. The van der Waals surface area contributed by atoms with E-state index in [0.29, 0.717) is 0 Å². The Hall–Kier alpha value is -1.05. The fourth-order valence-electron chi connectivity index (χ4n) is 0.588. The van der Waals surface area contributed by atoms with Crippen molar-refractivity contribution in [1.29, 1.82) is 0 Å². The molecule has 0 aliphatic heterocycles. The SMILES string of the molecule is CC(=O)/C=C(/C)O.CC(=O)/C=C(/C)O.[Cr]. The van der Waals surface area contributed by atoms with Gasteiger partial charge < -0.3 is 10.2 Å². The van der Waals surface area contributed by atoms with E-state index in [1.54, 1.807) is 0 Å². The van der Waals surface area contributed by atoms with Crippen LogP contribution in [0.3, 0.4) is 0 Å². The van der Waals surface area contributed by atoms with E-state index in [4.69, 9.17) is 10.2 Å². The molecule has 0 heterocycles. The summed E-state index contributed by atoms with van der Waals surface area (Å²) in [7, 11) is 0. The molecule has 0 radical (unpaired) electrons. The molecule has 0 aromatic heterocycles. The zero-order valence-electron chi connectivity index (χ0n) is 9.27. The standard InChI is InChI=1S/2C5H8O2.Cr/c2*1-4(6)3-5(2)7;/h2*3,6H,1-2H3;/b2*4-3-;. The molecule has 5 heteroatoms. The van der Waals surface area contributed by atoms with Crippen LogP contribution in [0.15, 0.2) is 23.7 Å². The molecule has 0 rings (SSSR count). The summed E-state index contributed by atoms with van der Waals surface area (Å²) in [5, 5.41) is 16.7. The first-order chi connectivity index (χ1) is 6.25. The molecule has 0 saturated heterocycles. The molecule has 0 spiro atoms. The van der Waals surface area contributed by atoms with Crippen molar-refractivity contribution in [3.63, 3.8) is 0 Å². The zero-order valence-corrected chi connectivity index (χ0v) is 10.5. The van der Waals surface area contributed by atoms with Crippen LogP contribution < -0.4 is 0 Å². The van der Waals surface area contributed by atoms with Gasteiger partial charge in [-0.05, 0) is 27.7 Å². The number of hydrogen-bond donors (Lipinski definition) is 2. The quantitative estimate of drug-likeness (QED) is 0.582. The van der Waals surface area contributed by atoms with Crippen molar-refractivity contribution in [2.45, 2.75) is 27.7 Å². The fourth-order valence-corrected chi connectivity index (χ4v) is 0.588. The van der Waals surface area contributed by atoms with Crippen LogP contribution in [0.4, 0.5) is 0 Å². The summed E-state index contributed by atoms with van der Waals surface area (Å²) in [5.41, 5.74) is 0. The number of hydrogen-bond acceptors (Lipinski definition) is 4. The number of ketones is 2. The van der Waals surface area contributed by atoms with Gasteiger partial charge in [-0.3, -0.25) is 9.59 Å². The molecule has 4 nitrogen and oxygen atoms in total. The van der Waals surface area contributed by atoms with E-state index in [1.807, 2.05) is 0 Å². The first-order valence-corrected chi connectivity index (χ1v) is 4.01. The minimum Gasteiger partial charge on any atom is -0.512 e. The average Bonchev–Trinajstić information content (AvgIpc) is 1.79. The summed E-state index contributed by atoms with van der Waals surface area (Å²) in [6.07, 6.45) is 2.33. The second-order valence-electron chi connectivity index (χ2n) is 2.79. The normalized spacial score (nSPS) is 10.7. The molecule has 0 amide bonds. The Morgan fingerprint density at radius 1 is 0.800 bits per heavy atom. The number of rotatable bonds is 2. The first kappa shape index (κ1) is 19.5. The van der Waals surface area contributed by atoms with Gasteiger partial charge >= 0.3 is 0 Å². The van der Waals surface area contributed by atoms with Gasteiger partial charge in [-0.1, -0.05) is 0 Å². The Kier molecular flexibility index (Phi) is 14.3. The van der Waals surface area contributed by atoms with Crippen LogP contribution in [0.2, 0.25) is 0 Å². The Morgan fingerprint density at radius 2 is 1.00 bits per heavy atom. The Balaban J connectivity index is -0.000000180. The molecule has 0 unspecified atom stereocenters. The van der Waals surface area contributed by atoms with Gasteiger partial charge in [0.1, 0.15) is 0 Å². The third kappa shape index (κ3) is 32.1. The summed E-state index contributed by atoms with van der Waals surface area (Å²) in [6, 6.07) is 0.